The van der Waals surface area contributed by atoms with Crippen molar-refractivity contribution in [2.45, 2.75) is 4.90 Å². The summed E-state index contributed by atoms with van der Waals surface area (Å²) < 4.78 is 29.2. The molecule has 0 aliphatic carbocycles. The molecule has 0 radical (unpaired) electrons. The Labute approximate surface area is 135 Å². The number of carbonyl (C=O) groups is 2. The van der Waals surface area contributed by atoms with Gasteiger partial charge in [0.05, 0.1) is 16.1 Å². The van der Waals surface area contributed by atoms with Crippen molar-refractivity contribution in [2.24, 2.45) is 0 Å². The van der Waals surface area contributed by atoms with Crippen LogP contribution in [-0.2, 0) is 10.1 Å². The Hall–Kier alpha value is -2.58. The first-order chi connectivity index (χ1) is 10.7. The predicted octanol–water partition coefficient (Wildman–Crippen LogP) is 2.50. The van der Waals surface area contributed by atoms with Crippen LogP contribution in [0.3, 0.4) is 0 Å². The minimum Gasteiger partial charge on any atom is -0.478 e. The van der Waals surface area contributed by atoms with Crippen molar-refractivity contribution in [3.05, 3.63) is 58.6 Å². The van der Waals surface area contributed by atoms with E-state index >= 15 is 0 Å². The summed E-state index contributed by atoms with van der Waals surface area (Å²) in [5, 5.41) is 18.0. The molecule has 0 aliphatic heterocycles. The van der Waals surface area contributed by atoms with Gasteiger partial charge in [-0.05, 0) is 30.3 Å². The lowest BCUT2D eigenvalue weighted by Gasteiger charge is -2.09. The fourth-order valence-electron chi connectivity index (χ4n) is 1.72. The molecule has 2 aromatic carbocycles. The summed E-state index contributed by atoms with van der Waals surface area (Å²) in [7, 11) is -4.38. The molecule has 0 aromatic heterocycles. The number of aromatic carboxylic acids is 2. The lowest BCUT2D eigenvalue weighted by molar-refractivity contribution is 0.0651. The van der Waals surface area contributed by atoms with E-state index in [0.29, 0.717) is 0 Å². The van der Waals surface area contributed by atoms with Gasteiger partial charge in [-0.25, -0.2) is 9.59 Å². The highest BCUT2D eigenvalue weighted by Crippen LogP contribution is 2.27. The first kappa shape index (κ1) is 16.8. The maximum atomic E-state index is 12.2. The van der Waals surface area contributed by atoms with Gasteiger partial charge in [0, 0.05) is 0 Å². The predicted molar refractivity (Wildman–Crippen MR) is 79.6 cm³/mol. The molecule has 9 heteroatoms. The largest absolute Gasteiger partial charge is 0.478 e. The second kappa shape index (κ2) is 6.27. The molecule has 7 nitrogen and oxygen atoms in total. The number of benzene rings is 2. The van der Waals surface area contributed by atoms with E-state index < -0.39 is 38.1 Å². The van der Waals surface area contributed by atoms with Crippen LogP contribution in [0.5, 0.6) is 5.75 Å². The standard InChI is InChI=1S/C14H9ClO7S/c15-11-3-1-2-4-12(11)22-23(20,21)8-5-6-9(13(16)17)10(7-8)14(18)19/h1-7H,(H,16,17)(H,18,19). The number of para-hydroxylation sites is 1. The van der Waals surface area contributed by atoms with Crippen LogP contribution in [-0.4, -0.2) is 30.6 Å². The minimum atomic E-state index is -4.38. The molecule has 2 N–H and O–H groups in total. The molecule has 23 heavy (non-hydrogen) atoms. The molecule has 0 saturated heterocycles. The van der Waals surface area contributed by atoms with Gasteiger partial charge >= 0.3 is 22.1 Å². The molecule has 0 bridgehead atoms. The van der Waals surface area contributed by atoms with E-state index in [1.165, 1.54) is 18.2 Å². The summed E-state index contributed by atoms with van der Waals surface area (Å²) in [5.41, 5.74) is -1.20. The monoisotopic (exact) mass is 356 g/mol. The van der Waals surface area contributed by atoms with Crippen LogP contribution in [0, 0.1) is 0 Å². The van der Waals surface area contributed by atoms with E-state index in [0.717, 1.165) is 18.2 Å². The second-order valence-electron chi connectivity index (χ2n) is 4.29. The van der Waals surface area contributed by atoms with Crippen LogP contribution in [0.15, 0.2) is 47.4 Å². The van der Waals surface area contributed by atoms with Crippen molar-refractivity contribution in [3.63, 3.8) is 0 Å². The van der Waals surface area contributed by atoms with Crippen molar-refractivity contribution in [3.8, 4) is 5.75 Å². The van der Waals surface area contributed by atoms with Crippen molar-refractivity contribution >= 4 is 33.7 Å². The van der Waals surface area contributed by atoms with E-state index in [9.17, 15) is 18.0 Å². The molecule has 0 unspecified atom stereocenters. The van der Waals surface area contributed by atoms with Crippen molar-refractivity contribution in [2.75, 3.05) is 0 Å². The van der Waals surface area contributed by atoms with Gasteiger partial charge in [-0.3, -0.25) is 0 Å². The zero-order valence-electron chi connectivity index (χ0n) is 11.3. The van der Waals surface area contributed by atoms with Crippen LogP contribution >= 0.6 is 11.6 Å². The van der Waals surface area contributed by atoms with E-state index in [-0.39, 0.29) is 10.8 Å². The zero-order chi connectivity index (χ0) is 17.2. The fourth-order valence-corrected chi connectivity index (χ4v) is 2.92. The van der Waals surface area contributed by atoms with Gasteiger partial charge < -0.3 is 14.4 Å². The molecule has 120 valence electrons. The lowest BCUT2D eigenvalue weighted by atomic mass is 10.1. The van der Waals surface area contributed by atoms with Gasteiger partial charge in [0.1, 0.15) is 4.90 Å². The molecule has 0 heterocycles. The molecule has 0 amide bonds. The van der Waals surface area contributed by atoms with Gasteiger partial charge in [-0.15, -0.1) is 0 Å². The third-order valence-corrected chi connectivity index (χ3v) is 4.32. The number of hydrogen-bond acceptors (Lipinski definition) is 5. The Morgan fingerprint density at radius 2 is 1.57 bits per heavy atom. The number of carboxylic acid groups (broad SMARTS) is 2. The summed E-state index contributed by atoms with van der Waals surface area (Å²) in [5.74, 6) is -3.19. The van der Waals surface area contributed by atoms with Crippen molar-refractivity contribution < 1.29 is 32.4 Å². The van der Waals surface area contributed by atoms with E-state index in [4.69, 9.17) is 26.0 Å². The third-order valence-electron chi connectivity index (χ3n) is 2.78. The Bertz CT molecular complexity index is 890. The quantitative estimate of drug-likeness (QED) is 0.790. The van der Waals surface area contributed by atoms with Crippen LogP contribution < -0.4 is 4.18 Å². The van der Waals surface area contributed by atoms with Gasteiger partial charge in [0.2, 0.25) is 0 Å². The molecular formula is C14H9ClO7S. The van der Waals surface area contributed by atoms with E-state index in [1.54, 1.807) is 6.07 Å². The molecule has 0 fully saturated rings. The number of rotatable bonds is 5. The van der Waals surface area contributed by atoms with E-state index in [2.05, 4.69) is 0 Å². The highest BCUT2D eigenvalue weighted by Gasteiger charge is 2.23. The Balaban J connectivity index is 2.48. The molecule has 0 saturated carbocycles. The lowest BCUT2D eigenvalue weighted by Crippen LogP contribution is -2.14. The number of halogens is 1. The zero-order valence-corrected chi connectivity index (χ0v) is 12.8. The minimum absolute atomic E-state index is 0.0525. The Morgan fingerprint density at radius 1 is 0.957 bits per heavy atom. The normalized spacial score (nSPS) is 11.0. The first-order valence-corrected chi connectivity index (χ1v) is 7.80. The summed E-state index contributed by atoms with van der Waals surface area (Å²) in [6.07, 6.45) is 0. The topological polar surface area (TPSA) is 118 Å². The summed E-state index contributed by atoms with van der Waals surface area (Å²) in [6, 6.07) is 8.37. The highest BCUT2D eigenvalue weighted by molar-refractivity contribution is 7.87. The summed E-state index contributed by atoms with van der Waals surface area (Å²) >= 11 is 5.80. The second-order valence-corrected chi connectivity index (χ2v) is 6.24. The Kier molecular flexibility index (Phi) is 4.57. The van der Waals surface area contributed by atoms with Crippen LogP contribution in [0.4, 0.5) is 0 Å². The van der Waals surface area contributed by atoms with Gasteiger partial charge in [0.25, 0.3) is 0 Å². The van der Waals surface area contributed by atoms with Crippen molar-refractivity contribution in [1.82, 2.24) is 0 Å². The molecule has 2 rings (SSSR count). The first-order valence-electron chi connectivity index (χ1n) is 6.02. The molecule has 2 aromatic rings. The Morgan fingerprint density at radius 3 is 2.13 bits per heavy atom. The molecule has 0 spiro atoms. The number of hydrogen-bond donors (Lipinski definition) is 2. The third kappa shape index (κ3) is 3.61. The number of carboxylic acids is 2. The molecule has 0 atom stereocenters. The van der Waals surface area contributed by atoms with Gasteiger partial charge in [0.15, 0.2) is 5.75 Å². The molecular weight excluding hydrogens is 348 g/mol. The van der Waals surface area contributed by atoms with Crippen LogP contribution in [0.2, 0.25) is 5.02 Å². The van der Waals surface area contributed by atoms with Gasteiger partial charge in [-0.2, -0.15) is 8.42 Å². The maximum Gasteiger partial charge on any atom is 0.339 e. The molecule has 0 aliphatic rings. The maximum absolute atomic E-state index is 12.2. The summed E-state index contributed by atoms with van der Waals surface area (Å²) in [4.78, 5) is 21.6. The van der Waals surface area contributed by atoms with Crippen molar-refractivity contribution in [1.29, 1.82) is 0 Å². The van der Waals surface area contributed by atoms with Crippen LogP contribution in [0.25, 0.3) is 0 Å². The smallest absolute Gasteiger partial charge is 0.339 e. The summed E-state index contributed by atoms with van der Waals surface area (Å²) in [6.45, 7) is 0. The SMILES string of the molecule is O=C(O)c1ccc(S(=O)(=O)Oc2ccccc2Cl)cc1C(=O)O. The average Bonchev–Trinajstić information content (AvgIpc) is 2.48. The fraction of sp³-hybridized carbons (Fsp3) is 0. The van der Waals surface area contributed by atoms with Gasteiger partial charge in [-0.1, -0.05) is 23.7 Å². The van der Waals surface area contributed by atoms with Crippen LogP contribution in [0.1, 0.15) is 20.7 Å². The van der Waals surface area contributed by atoms with E-state index in [1.807, 2.05) is 0 Å². The average molecular weight is 357 g/mol. The highest BCUT2D eigenvalue weighted by atomic mass is 35.5.